The minimum atomic E-state index is -4.54. The van der Waals surface area contributed by atoms with Crippen LogP contribution in [-0.4, -0.2) is 61.0 Å². The van der Waals surface area contributed by atoms with Crippen LogP contribution in [0, 0.1) is 0 Å². The molecule has 0 unspecified atom stereocenters. The predicted molar refractivity (Wildman–Crippen MR) is 67.2 cm³/mol. The number of aromatic nitrogens is 2. The molecule has 2 rings (SSSR count). The largest absolute Gasteiger partial charge is 0.388 e. The molecule has 1 saturated heterocycles. The van der Waals surface area contributed by atoms with E-state index >= 15 is 0 Å². The molecule has 21 heavy (non-hydrogen) atoms. The van der Waals surface area contributed by atoms with Gasteiger partial charge in [0, 0.05) is 6.20 Å². The van der Waals surface area contributed by atoms with Crippen LogP contribution in [0.5, 0.6) is 0 Å². The van der Waals surface area contributed by atoms with Crippen molar-refractivity contribution in [3.8, 4) is 0 Å². The zero-order chi connectivity index (χ0) is 15.7. The maximum absolute atomic E-state index is 11.1. The first-order valence-corrected chi connectivity index (χ1v) is 7.54. The summed E-state index contributed by atoms with van der Waals surface area (Å²) in [5.41, 5.74) is -0.696. The summed E-state index contributed by atoms with van der Waals surface area (Å²) < 4.78 is 20.9. The lowest BCUT2D eigenvalue weighted by atomic mass is 10.2. The van der Waals surface area contributed by atoms with Gasteiger partial charge in [0.2, 0.25) is 0 Å². The quantitative estimate of drug-likeness (QED) is 0.256. The number of ether oxygens (including phenoxy) is 2. The van der Waals surface area contributed by atoms with E-state index in [1.54, 1.807) is 0 Å². The van der Waals surface area contributed by atoms with E-state index in [4.69, 9.17) is 19.3 Å². The van der Waals surface area contributed by atoms with Crippen LogP contribution in [0.25, 0.3) is 0 Å². The molecule has 0 saturated carbocycles. The summed E-state index contributed by atoms with van der Waals surface area (Å²) in [4.78, 5) is 34.5. The number of rotatable bonds is 5. The number of hydrogen-bond donors (Lipinski definition) is 6. The fraction of sp³-hybridized carbons (Fsp3) is 0.556. The number of nitrogens with one attached hydrogen (secondary N) is 2. The molecule has 0 amide bonds. The Morgan fingerprint density at radius 2 is 2.29 bits per heavy atom. The van der Waals surface area contributed by atoms with Crippen LogP contribution in [0.3, 0.4) is 0 Å². The lowest BCUT2D eigenvalue weighted by Crippen LogP contribution is -2.52. The standard InChI is InChI=1S/C9H14N3O8P/c13-5-3-19-9(7(5)14,20-4-21(16,17)18)12-6-1-2-10-8(15)11-6/h1-2,5,7,13-14H,3-4H2,(H2,16,17,18)(H2,10,11,12,15)/t5-,7-,9+/m1/s1. The minimum Gasteiger partial charge on any atom is -0.388 e. The van der Waals surface area contributed by atoms with Gasteiger partial charge < -0.3 is 34.8 Å². The molecule has 0 bridgehead atoms. The van der Waals surface area contributed by atoms with Gasteiger partial charge in [-0.1, -0.05) is 0 Å². The summed E-state index contributed by atoms with van der Waals surface area (Å²) in [7, 11) is -4.54. The molecule has 1 aliphatic rings. The van der Waals surface area contributed by atoms with Crippen LogP contribution in [0.1, 0.15) is 0 Å². The normalized spacial score (nSPS) is 29.5. The van der Waals surface area contributed by atoms with Crippen molar-refractivity contribution >= 4 is 13.4 Å². The molecule has 2 heterocycles. The third kappa shape index (κ3) is 3.86. The number of H-pyrrole nitrogens is 1. The summed E-state index contributed by atoms with van der Waals surface area (Å²) in [6.45, 7) is -0.329. The molecule has 0 aromatic carbocycles. The Morgan fingerprint density at radius 1 is 1.57 bits per heavy atom. The lowest BCUT2D eigenvalue weighted by Gasteiger charge is -2.32. The highest BCUT2D eigenvalue weighted by Gasteiger charge is 2.52. The lowest BCUT2D eigenvalue weighted by molar-refractivity contribution is -0.220. The molecule has 1 aromatic rings. The van der Waals surface area contributed by atoms with Crippen LogP contribution in [0.4, 0.5) is 5.82 Å². The van der Waals surface area contributed by atoms with E-state index < -0.39 is 37.8 Å². The minimum absolute atomic E-state index is 0.0221. The first-order valence-electron chi connectivity index (χ1n) is 5.74. The Labute approximate surface area is 117 Å². The number of hydrogen-bond acceptors (Lipinski definition) is 8. The maximum Gasteiger partial charge on any atom is 0.351 e. The molecule has 1 aliphatic heterocycles. The van der Waals surface area contributed by atoms with Gasteiger partial charge in [-0.3, -0.25) is 9.55 Å². The van der Waals surface area contributed by atoms with Gasteiger partial charge in [-0.15, -0.1) is 0 Å². The molecule has 0 aliphatic carbocycles. The second kappa shape index (κ2) is 5.81. The van der Waals surface area contributed by atoms with Crippen LogP contribution in [-0.2, 0) is 14.0 Å². The van der Waals surface area contributed by atoms with Crippen molar-refractivity contribution in [2.75, 3.05) is 18.3 Å². The molecule has 118 valence electrons. The summed E-state index contributed by atoms with van der Waals surface area (Å²) in [5, 5.41) is 21.9. The molecule has 0 spiro atoms. The molecule has 1 aromatic heterocycles. The van der Waals surface area contributed by atoms with Crippen LogP contribution >= 0.6 is 7.60 Å². The van der Waals surface area contributed by atoms with Crippen molar-refractivity contribution in [3.05, 3.63) is 22.7 Å². The molecule has 0 radical (unpaired) electrons. The Balaban J connectivity index is 2.24. The van der Waals surface area contributed by atoms with Gasteiger partial charge in [0.1, 0.15) is 11.9 Å². The van der Waals surface area contributed by atoms with Crippen molar-refractivity contribution in [1.82, 2.24) is 9.97 Å². The fourth-order valence-corrected chi connectivity index (χ4v) is 2.08. The smallest absolute Gasteiger partial charge is 0.351 e. The first-order chi connectivity index (χ1) is 9.72. The highest BCUT2D eigenvalue weighted by Crippen LogP contribution is 2.38. The van der Waals surface area contributed by atoms with E-state index in [-0.39, 0.29) is 12.4 Å². The monoisotopic (exact) mass is 323 g/mol. The Morgan fingerprint density at radius 3 is 2.81 bits per heavy atom. The summed E-state index contributed by atoms with van der Waals surface area (Å²) in [6.07, 6.45) is -2.86. The highest BCUT2D eigenvalue weighted by atomic mass is 31.2. The second-order valence-corrected chi connectivity index (χ2v) is 5.93. The Bertz CT molecular complexity index is 603. The molecular weight excluding hydrogens is 309 g/mol. The van der Waals surface area contributed by atoms with E-state index in [0.29, 0.717) is 0 Å². The molecule has 12 heteroatoms. The van der Waals surface area contributed by atoms with Crippen molar-refractivity contribution < 1.29 is 34.0 Å². The van der Waals surface area contributed by atoms with Gasteiger partial charge >= 0.3 is 13.3 Å². The summed E-state index contributed by atoms with van der Waals surface area (Å²) >= 11 is 0. The van der Waals surface area contributed by atoms with Gasteiger partial charge in [0.05, 0.1) is 6.61 Å². The van der Waals surface area contributed by atoms with Gasteiger partial charge in [-0.05, 0) is 6.07 Å². The van der Waals surface area contributed by atoms with E-state index in [1.807, 2.05) is 0 Å². The van der Waals surface area contributed by atoms with Gasteiger partial charge in [-0.25, -0.2) is 9.78 Å². The highest BCUT2D eigenvalue weighted by molar-refractivity contribution is 7.51. The number of anilines is 1. The van der Waals surface area contributed by atoms with Crippen LogP contribution in [0.2, 0.25) is 0 Å². The number of aliphatic hydroxyl groups excluding tert-OH is 2. The van der Waals surface area contributed by atoms with E-state index in [2.05, 4.69) is 15.3 Å². The van der Waals surface area contributed by atoms with E-state index in [9.17, 15) is 19.6 Å². The van der Waals surface area contributed by atoms with Crippen molar-refractivity contribution in [1.29, 1.82) is 0 Å². The number of nitrogens with zero attached hydrogens (tertiary/aromatic N) is 1. The number of aromatic amines is 1. The molecule has 6 N–H and O–H groups in total. The average Bonchev–Trinajstić information content (AvgIpc) is 2.65. The predicted octanol–water partition coefficient (Wildman–Crippen LogP) is -2.26. The second-order valence-electron chi connectivity index (χ2n) is 4.34. The third-order valence-electron chi connectivity index (χ3n) is 2.65. The van der Waals surface area contributed by atoms with Crippen molar-refractivity contribution in [2.45, 2.75) is 18.1 Å². The molecule has 1 fully saturated rings. The molecule has 11 nitrogen and oxygen atoms in total. The summed E-state index contributed by atoms with van der Waals surface area (Å²) in [5.74, 6) is -2.08. The van der Waals surface area contributed by atoms with E-state index in [1.165, 1.54) is 6.07 Å². The zero-order valence-corrected chi connectivity index (χ0v) is 11.4. The van der Waals surface area contributed by atoms with Gasteiger partial charge in [0.15, 0.2) is 12.5 Å². The topological polar surface area (TPSA) is 174 Å². The zero-order valence-electron chi connectivity index (χ0n) is 10.5. The molecular formula is C9H14N3O8P. The van der Waals surface area contributed by atoms with E-state index in [0.717, 1.165) is 6.20 Å². The summed E-state index contributed by atoms with van der Waals surface area (Å²) in [6, 6.07) is 1.31. The Hall–Kier alpha value is -1.33. The first kappa shape index (κ1) is 16.0. The van der Waals surface area contributed by atoms with Crippen LogP contribution in [0.15, 0.2) is 17.1 Å². The average molecular weight is 323 g/mol. The molecule has 3 atom stereocenters. The van der Waals surface area contributed by atoms with Crippen LogP contribution < -0.4 is 11.0 Å². The fourth-order valence-electron chi connectivity index (χ4n) is 1.72. The van der Waals surface area contributed by atoms with Crippen molar-refractivity contribution in [3.63, 3.8) is 0 Å². The SMILES string of the molecule is O=c1nccc(N[C@]2(OCP(=O)(O)O)OC[C@@H](O)[C@H]2O)[nH]1. The van der Waals surface area contributed by atoms with Gasteiger partial charge in [0.25, 0.3) is 5.91 Å². The van der Waals surface area contributed by atoms with Gasteiger partial charge in [-0.2, -0.15) is 0 Å². The number of aliphatic hydroxyl groups is 2. The maximum atomic E-state index is 11.1. The van der Waals surface area contributed by atoms with Crippen molar-refractivity contribution in [2.24, 2.45) is 0 Å². The third-order valence-corrected chi connectivity index (χ3v) is 3.12. The Kier molecular flexibility index (Phi) is 4.44.